The van der Waals surface area contributed by atoms with Crippen molar-refractivity contribution < 1.29 is 36.6 Å². The first-order valence-corrected chi connectivity index (χ1v) is 11.2. The Morgan fingerprint density at radius 1 is 1.08 bits per heavy atom. The van der Waals surface area contributed by atoms with Gasteiger partial charge in [-0.05, 0) is 52.6 Å². The van der Waals surface area contributed by atoms with Crippen LogP contribution in [-0.4, -0.2) is 28.9 Å². The topological polar surface area (TPSA) is 81.7 Å². The molecule has 194 valence electrons. The Morgan fingerprint density at radius 3 is 2.32 bits per heavy atom. The molecule has 1 aromatic heterocycles. The number of benzene rings is 3. The van der Waals surface area contributed by atoms with E-state index in [1.54, 1.807) is 0 Å². The van der Waals surface area contributed by atoms with Crippen LogP contribution in [0.15, 0.2) is 63.8 Å². The van der Waals surface area contributed by atoms with Gasteiger partial charge in [0.25, 0.3) is 0 Å². The third-order valence-corrected chi connectivity index (χ3v) is 6.79. The van der Waals surface area contributed by atoms with Crippen molar-refractivity contribution in [3.8, 4) is 11.1 Å². The standard InChI is InChI=1S/C26H20ClF4NO5/c1-13(25(35,26(29,30)31)16-6-9-22-21(12-16)32(2)24(34)37-22)17-7-4-14(10-19(17)27)15-5-8-18(20(28)11-15)23(33)36-3/h4-13,35H,1-3H3/t13-,25-/m1/s1. The van der Waals surface area contributed by atoms with Crippen molar-refractivity contribution in [2.24, 2.45) is 7.05 Å². The van der Waals surface area contributed by atoms with Gasteiger partial charge in [0.1, 0.15) is 5.82 Å². The van der Waals surface area contributed by atoms with Crippen molar-refractivity contribution in [2.45, 2.75) is 24.6 Å². The van der Waals surface area contributed by atoms with E-state index in [1.807, 2.05) is 0 Å². The second-order valence-corrected chi connectivity index (χ2v) is 8.93. The fourth-order valence-electron chi connectivity index (χ4n) is 4.28. The molecule has 4 rings (SSSR count). The molecule has 0 aliphatic heterocycles. The van der Waals surface area contributed by atoms with Gasteiger partial charge in [-0.15, -0.1) is 0 Å². The highest BCUT2D eigenvalue weighted by Crippen LogP contribution is 2.50. The summed E-state index contributed by atoms with van der Waals surface area (Å²) in [5, 5.41) is 11.1. The van der Waals surface area contributed by atoms with E-state index in [9.17, 15) is 32.3 Å². The molecule has 4 aromatic rings. The summed E-state index contributed by atoms with van der Waals surface area (Å²) >= 11 is 6.38. The zero-order chi connectivity index (χ0) is 27.3. The van der Waals surface area contributed by atoms with Crippen LogP contribution in [0.5, 0.6) is 0 Å². The molecule has 6 nitrogen and oxygen atoms in total. The van der Waals surface area contributed by atoms with Crippen LogP contribution in [0.4, 0.5) is 17.6 Å². The molecule has 0 fully saturated rings. The summed E-state index contributed by atoms with van der Waals surface area (Å²) in [6, 6.07) is 11.1. The highest BCUT2D eigenvalue weighted by atomic mass is 35.5. The Kier molecular flexibility index (Phi) is 6.68. The number of ether oxygens (including phenoxy) is 1. The van der Waals surface area contributed by atoms with E-state index < -0.39 is 40.8 Å². The number of carbonyl (C=O) groups excluding carboxylic acids is 1. The van der Waals surface area contributed by atoms with E-state index in [2.05, 4.69) is 4.74 Å². The van der Waals surface area contributed by atoms with E-state index in [4.69, 9.17) is 16.0 Å². The number of halogens is 5. The molecule has 0 aliphatic rings. The minimum absolute atomic E-state index is 0.0157. The fraction of sp³-hybridized carbons (Fsp3) is 0.231. The lowest BCUT2D eigenvalue weighted by Gasteiger charge is -2.37. The Balaban J connectivity index is 1.77. The van der Waals surface area contributed by atoms with Gasteiger partial charge in [0.15, 0.2) is 11.2 Å². The molecule has 0 aliphatic carbocycles. The molecule has 11 heteroatoms. The van der Waals surface area contributed by atoms with Gasteiger partial charge < -0.3 is 14.3 Å². The molecular weight excluding hydrogens is 518 g/mol. The lowest BCUT2D eigenvalue weighted by molar-refractivity contribution is -0.274. The summed E-state index contributed by atoms with van der Waals surface area (Å²) in [6.07, 6.45) is -5.13. The van der Waals surface area contributed by atoms with Crippen LogP contribution in [0.25, 0.3) is 22.2 Å². The number of fused-ring (bicyclic) bond motifs is 1. The molecule has 1 N–H and O–H groups in total. The highest BCUT2D eigenvalue weighted by Gasteiger charge is 2.59. The number of hydrogen-bond donors (Lipinski definition) is 1. The predicted octanol–water partition coefficient (Wildman–Crippen LogP) is 5.93. The molecule has 2 atom stereocenters. The number of aryl methyl sites for hydroxylation is 1. The van der Waals surface area contributed by atoms with E-state index in [-0.39, 0.29) is 27.2 Å². The molecule has 0 spiro atoms. The van der Waals surface area contributed by atoms with Crippen LogP contribution in [0.3, 0.4) is 0 Å². The number of carbonyl (C=O) groups is 1. The Morgan fingerprint density at radius 2 is 1.73 bits per heavy atom. The van der Waals surface area contributed by atoms with E-state index in [0.29, 0.717) is 11.1 Å². The quantitative estimate of drug-likeness (QED) is 0.252. The third-order valence-electron chi connectivity index (χ3n) is 6.47. The van der Waals surface area contributed by atoms with Gasteiger partial charge in [0.05, 0.1) is 18.2 Å². The van der Waals surface area contributed by atoms with Crippen LogP contribution in [0.1, 0.15) is 34.3 Å². The number of methoxy groups -OCH3 is 1. The normalized spacial score (nSPS) is 14.4. The van der Waals surface area contributed by atoms with Crippen molar-refractivity contribution in [1.29, 1.82) is 0 Å². The molecule has 0 amide bonds. The average Bonchev–Trinajstić information content (AvgIpc) is 3.14. The first-order chi connectivity index (χ1) is 17.3. The second-order valence-electron chi connectivity index (χ2n) is 8.52. The molecule has 3 aromatic carbocycles. The summed E-state index contributed by atoms with van der Waals surface area (Å²) in [4.78, 5) is 23.4. The summed E-state index contributed by atoms with van der Waals surface area (Å²) < 4.78 is 68.2. The van der Waals surface area contributed by atoms with Crippen molar-refractivity contribution in [3.63, 3.8) is 0 Å². The minimum Gasteiger partial charge on any atom is -0.465 e. The van der Waals surface area contributed by atoms with Gasteiger partial charge in [0.2, 0.25) is 0 Å². The molecular formula is C26H20ClF4NO5. The fourth-order valence-corrected chi connectivity index (χ4v) is 4.62. The average molecular weight is 538 g/mol. The van der Waals surface area contributed by atoms with Gasteiger partial charge in [-0.3, -0.25) is 4.57 Å². The molecule has 1 heterocycles. The number of hydrogen-bond acceptors (Lipinski definition) is 5. The van der Waals surface area contributed by atoms with Crippen molar-refractivity contribution in [2.75, 3.05) is 7.11 Å². The SMILES string of the molecule is COC(=O)c1ccc(-c2ccc([C@@H](C)[C@@](O)(c3ccc4oc(=O)n(C)c4c3)C(F)(F)F)c(Cl)c2)cc1F. The monoisotopic (exact) mass is 537 g/mol. The maximum absolute atomic E-state index is 14.4. The highest BCUT2D eigenvalue weighted by molar-refractivity contribution is 6.31. The molecule has 0 radical (unpaired) electrons. The number of nitrogens with zero attached hydrogens (tertiary/aromatic N) is 1. The lowest BCUT2D eigenvalue weighted by Crippen LogP contribution is -2.46. The minimum atomic E-state index is -5.13. The molecule has 0 bridgehead atoms. The Labute approximate surface area is 212 Å². The number of esters is 1. The second kappa shape index (κ2) is 9.35. The zero-order valence-electron chi connectivity index (χ0n) is 19.7. The Hall–Kier alpha value is -3.63. The largest absolute Gasteiger partial charge is 0.465 e. The smallest absolute Gasteiger partial charge is 0.422 e. The Bertz CT molecular complexity index is 1580. The maximum Gasteiger partial charge on any atom is 0.422 e. The number of rotatable bonds is 5. The van der Waals surface area contributed by atoms with Crippen molar-refractivity contribution >= 4 is 28.7 Å². The van der Waals surface area contributed by atoms with Crippen LogP contribution < -0.4 is 5.76 Å². The molecule has 0 saturated carbocycles. The lowest BCUT2D eigenvalue weighted by atomic mass is 9.77. The number of oxazole rings is 1. The van der Waals surface area contributed by atoms with Gasteiger partial charge in [-0.1, -0.05) is 42.8 Å². The summed E-state index contributed by atoms with van der Waals surface area (Å²) in [7, 11) is 2.45. The predicted molar refractivity (Wildman–Crippen MR) is 128 cm³/mol. The van der Waals surface area contributed by atoms with Crippen LogP contribution in [0.2, 0.25) is 5.02 Å². The third kappa shape index (κ3) is 4.40. The number of alkyl halides is 3. The van der Waals surface area contributed by atoms with E-state index in [0.717, 1.165) is 29.9 Å². The van der Waals surface area contributed by atoms with Gasteiger partial charge in [0, 0.05) is 18.0 Å². The van der Waals surface area contributed by atoms with E-state index in [1.165, 1.54) is 50.4 Å². The number of aromatic nitrogens is 1. The van der Waals surface area contributed by atoms with Gasteiger partial charge in [-0.2, -0.15) is 13.2 Å². The first kappa shape index (κ1) is 26.4. The van der Waals surface area contributed by atoms with E-state index >= 15 is 0 Å². The molecule has 0 saturated heterocycles. The maximum atomic E-state index is 14.4. The molecule has 0 unspecified atom stereocenters. The zero-order valence-corrected chi connectivity index (χ0v) is 20.4. The summed E-state index contributed by atoms with van der Waals surface area (Å²) in [5.74, 6) is -4.04. The van der Waals surface area contributed by atoms with Crippen molar-refractivity contribution in [3.05, 3.63) is 92.7 Å². The van der Waals surface area contributed by atoms with Crippen LogP contribution >= 0.6 is 11.6 Å². The van der Waals surface area contributed by atoms with Gasteiger partial charge >= 0.3 is 17.9 Å². The summed E-state index contributed by atoms with van der Waals surface area (Å²) in [5.41, 5.74) is -3.32. The van der Waals surface area contributed by atoms with Crippen molar-refractivity contribution in [1.82, 2.24) is 4.57 Å². The number of aliphatic hydroxyl groups is 1. The van der Waals surface area contributed by atoms with Crippen LogP contribution in [-0.2, 0) is 17.4 Å². The van der Waals surface area contributed by atoms with Gasteiger partial charge in [-0.25, -0.2) is 14.0 Å². The summed E-state index contributed by atoms with van der Waals surface area (Å²) in [6.45, 7) is 1.18. The first-order valence-electron chi connectivity index (χ1n) is 10.9. The molecule has 37 heavy (non-hydrogen) atoms. The van der Waals surface area contributed by atoms with Crippen LogP contribution in [0, 0.1) is 5.82 Å².